The molecule has 0 aliphatic carbocycles. The predicted octanol–water partition coefficient (Wildman–Crippen LogP) is 4.20. The smallest absolute Gasteiger partial charge is 0.229 e. The minimum absolute atomic E-state index is 0.129. The van der Waals surface area contributed by atoms with Crippen molar-refractivity contribution < 1.29 is 14.0 Å². The van der Waals surface area contributed by atoms with Crippen LogP contribution in [0.3, 0.4) is 0 Å². The largest absolute Gasteiger partial charge is 0.325 e. The number of amides is 2. The highest BCUT2D eigenvalue weighted by Crippen LogP contribution is 2.29. The van der Waals surface area contributed by atoms with Crippen molar-refractivity contribution in [1.82, 2.24) is 0 Å². The molecule has 1 N–H and O–H groups in total. The van der Waals surface area contributed by atoms with Crippen LogP contribution in [0.15, 0.2) is 40.9 Å². The second kappa shape index (κ2) is 6.96. The highest BCUT2D eigenvalue weighted by molar-refractivity contribution is 9.10. The number of halogens is 2. The summed E-state index contributed by atoms with van der Waals surface area (Å²) in [4.78, 5) is 26.4. The number of hydrogen-bond donors (Lipinski definition) is 1. The monoisotopic (exact) mass is 404 g/mol. The Kier molecular flexibility index (Phi) is 4.90. The third-order valence-corrected chi connectivity index (χ3v) is 4.84. The van der Waals surface area contributed by atoms with Gasteiger partial charge in [-0.25, -0.2) is 4.39 Å². The second-order valence-electron chi connectivity index (χ2n) is 6.29. The summed E-state index contributed by atoms with van der Waals surface area (Å²) < 4.78 is 14.0. The summed E-state index contributed by atoms with van der Waals surface area (Å²) in [6.45, 7) is 4.15. The van der Waals surface area contributed by atoms with E-state index in [0.717, 1.165) is 21.3 Å². The van der Waals surface area contributed by atoms with Crippen molar-refractivity contribution in [3.05, 3.63) is 57.8 Å². The number of hydrogen-bond acceptors (Lipinski definition) is 2. The lowest BCUT2D eigenvalue weighted by Crippen LogP contribution is -2.28. The zero-order valence-electron chi connectivity index (χ0n) is 14.0. The zero-order chi connectivity index (χ0) is 18.1. The number of nitrogens with zero attached hydrogens (tertiary/aromatic N) is 1. The van der Waals surface area contributed by atoms with Crippen LogP contribution >= 0.6 is 15.9 Å². The molecular weight excluding hydrogens is 387 g/mol. The molecule has 1 saturated heterocycles. The molecule has 130 valence electrons. The fraction of sp³-hybridized carbons (Fsp3) is 0.263. The van der Waals surface area contributed by atoms with Crippen molar-refractivity contribution in [2.45, 2.75) is 20.3 Å². The van der Waals surface area contributed by atoms with Crippen LogP contribution < -0.4 is 10.2 Å². The second-order valence-corrected chi connectivity index (χ2v) is 7.20. The number of rotatable bonds is 3. The minimum Gasteiger partial charge on any atom is -0.325 e. The van der Waals surface area contributed by atoms with Crippen molar-refractivity contribution in [3.8, 4) is 0 Å². The highest BCUT2D eigenvalue weighted by Gasteiger charge is 2.35. The van der Waals surface area contributed by atoms with Crippen LogP contribution in [0.1, 0.15) is 17.5 Å². The van der Waals surface area contributed by atoms with Crippen LogP contribution in [0.2, 0.25) is 0 Å². The van der Waals surface area contributed by atoms with Crippen LogP contribution in [0.5, 0.6) is 0 Å². The van der Waals surface area contributed by atoms with E-state index in [1.165, 1.54) is 17.0 Å². The van der Waals surface area contributed by atoms with Gasteiger partial charge in [-0.3, -0.25) is 9.59 Å². The first kappa shape index (κ1) is 17.6. The predicted molar refractivity (Wildman–Crippen MR) is 99.1 cm³/mol. The normalized spacial score (nSPS) is 17.0. The topological polar surface area (TPSA) is 49.4 Å². The first-order valence-electron chi connectivity index (χ1n) is 7.98. The van der Waals surface area contributed by atoms with E-state index in [-0.39, 0.29) is 24.1 Å². The lowest BCUT2D eigenvalue weighted by Gasteiger charge is -2.17. The fourth-order valence-corrected chi connectivity index (χ4v) is 3.77. The van der Waals surface area contributed by atoms with Crippen molar-refractivity contribution in [2.24, 2.45) is 5.92 Å². The van der Waals surface area contributed by atoms with E-state index in [9.17, 15) is 14.0 Å². The molecule has 1 aliphatic rings. The van der Waals surface area contributed by atoms with E-state index >= 15 is 0 Å². The zero-order valence-corrected chi connectivity index (χ0v) is 15.6. The molecule has 0 radical (unpaired) electrons. The van der Waals surface area contributed by atoms with Crippen LogP contribution in [0.4, 0.5) is 15.8 Å². The van der Waals surface area contributed by atoms with Gasteiger partial charge in [-0.05, 0) is 61.4 Å². The van der Waals surface area contributed by atoms with Gasteiger partial charge in [0, 0.05) is 28.8 Å². The number of aryl methyl sites for hydroxylation is 2. The molecule has 1 fully saturated rings. The van der Waals surface area contributed by atoms with Gasteiger partial charge in [0.2, 0.25) is 11.8 Å². The van der Waals surface area contributed by atoms with E-state index in [0.29, 0.717) is 12.2 Å². The molecule has 0 bridgehead atoms. The van der Waals surface area contributed by atoms with Gasteiger partial charge < -0.3 is 10.2 Å². The number of carbonyl (C=O) groups excluding carboxylic acids is 2. The van der Waals surface area contributed by atoms with Crippen LogP contribution in [-0.2, 0) is 9.59 Å². The summed E-state index contributed by atoms with van der Waals surface area (Å²) in [6.07, 6.45) is 0.151. The molecule has 2 aromatic carbocycles. The quantitative estimate of drug-likeness (QED) is 0.833. The lowest BCUT2D eigenvalue weighted by atomic mass is 10.1. The fourth-order valence-electron chi connectivity index (χ4n) is 3.09. The average molecular weight is 405 g/mol. The van der Waals surface area contributed by atoms with E-state index < -0.39 is 5.92 Å². The molecule has 2 amide bonds. The molecule has 0 spiro atoms. The molecule has 0 saturated carbocycles. The molecule has 25 heavy (non-hydrogen) atoms. The minimum atomic E-state index is -0.431. The molecule has 6 heteroatoms. The molecule has 3 rings (SSSR count). The third kappa shape index (κ3) is 3.74. The molecule has 2 aromatic rings. The van der Waals surface area contributed by atoms with Gasteiger partial charge in [0.15, 0.2) is 0 Å². The van der Waals surface area contributed by atoms with E-state index in [2.05, 4.69) is 21.2 Å². The molecule has 1 heterocycles. The number of anilines is 2. The van der Waals surface area contributed by atoms with Gasteiger partial charge in [-0.1, -0.05) is 15.9 Å². The summed E-state index contributed by atoms with van der Waals surface area (Å²) >= 11 is 3.44. The van der Waals surface area contributed by atoms with Gasteiger partial charge in [0.1, 0.15) is 5.82 Å². The van der Waals surface area contributed by atoms with Gasteiger partial charge >= 0.3 is 0 Å². The Balaban J connectivity index is 1.74. The number of carbonyl (C=O) groups is 2. The summed E-state index contributed by atoms with van der Waals surface area (Å²) in [5, 5.41) is 2.95. The Morgan fingerprint density at radius 3 is 2.40 bits per heavy atom. The molecule has 4 nitrogen and oxygen atoms in total. The number of nitrogens with one attached hydrogen (secondary N) is 1. The van der Waals surface area contributed by atoms with Crippen molar-refractivity contribution >= 4 is 39.1 Å². The molecule has 0 aromatic heterocycles. The lowest BCUT2D eigenvalue weighted by molar-refractivity contribution is -0.122. The molecule has 1 atom stereocenters. The molecule has 1 aliphatic heterocycles. The summed E-state index contributed by atoms with van der Waals surface area (Å²) in [6, 6.07) is 9.60. The maximum absolute atomic E-state index is 13.1. The first-order valence-corrected chi connectivity index (χ1v) is 8.78. The Morgan fingerprint density at radius 1 is 1.20 bits per heavy atom. The van der Waals surface area contributed by atoms with Gasteiger partial charge in [0.05, 0.1) is 5.92 Å². The van der Waals surface area contributed by atoms with Crippen molar-refractivity contribution in [3.63, 3.8) is 0 Å². The van der Waals surface area contributed by atoms with Gasteiger partial charge in [-0.2, -0.15) is 0 Å². The first-order chi connectivity index (χ1) is 11.8. The maximum atomic E-state index is 13.1. The van der Waals surface area contributed by atoms with Crippen LogP contribution in [0.25, 0.3) is 0 Å². The number of benzene rings is 2. The Morgan fingerprint density at radius 2 is 1.80 bits per heavy atom. The molecular formula is C19H18BrFN2O2. The summed E-state index contributed by atoms with van der Waals surface area (Å²) in [5.74, 6) is -1.09. The molecule has 0 unspecified atom stereocenters. The van der Waals surface area contributed by atoms with Crippen LogP contribution in [-0.4, -0.2) is 18.4 Å². The Bertz CT molecular complexity index is 813. The standard InChI is InChI=1S/C19H18BrFN2O2/c1-11-7-14(20)8-12(2)18(11)22-19(25)13-9-17(24)23(10-13)16-5-3-15(21)4-6-16/h3-8,13H,9-10H2,1-2H3,(H,22,25)/t13-/m1/s1. The average Bonchev–Trinajstić information content (AvgIpc) is 2.93. The Labute approximate surface area is 154 Å². The van der Waals surface area contributed by atoms with E-state index in [1.807, 2.05) is 26.0 Å². The third-order valence-electron chi connectivity index (χ3n) is 4.38. The summed E-state index contributed by atoms with van der Waals surface area (Å²) in [7, 11) is 0. The summed E-state index contributed by atoms with van der Waals surface area (Å²) in [5.41, 5.74) is 3.30. The maximum Gasteiger partial charge on any atom is 0.229 e. The van der Waals surface area contributed by atoms with Gasteiger partial charge in [0.25, 0.3) is 0 Å². The van der Waals surface area contributed by atoms with E-state index in [4.69, 9.17) is 0 Å². The van der Waals surface area contributed by atoms with Gasteiger partial charge in [-0.15, -0.1) is 0 Å². The SMILES string of the molecule is Cc1cc(Br)cc(C)c1NC(=O)[C@@H]1CC(=O)N(c2ccc(F)cc2)C1. The highest BCUT2D eigenvalue weighted by atomic mass is 79.9. The van der Waals surface area contributed by atoms with Crippen LogP contribution in [0, 0.1) is 25.6 Å². The van der Waals surface area contributed by atoms with E-state index in [1.54, 1.807) is 12.1 Å². The van der Waals surface area contributed by atoms with Crippen molar-refractivity contribution in [2.75, 3.05) is 16.8 Å². The Hall–Kier alpha value is -2.21. The van der Waals surface area contributed by atoms with Crippen molar-refractivity contribution in [1.29, 1.82) is 0 Å².